The number of hydrogen-bond acceptors (Lipinski definition) is 2. The Morgan fingerprint density at radius 1 is 0.944 bits per heavy atom. The monoisotopic (exact) mass is 252 g/mol. The molecule has 0 radical (unpaired) electrons. The van der Waals surface area contributed by atoms with Crippen molar-refractivity contribution in [2.24, 2.45) is 0 Å². The van der Waals surface area contributed by atoms with Gasteiger partial charge in [0.25, 0.3) is 0 Å². The number of hydrogen-bond donors (Lipinski definition) is 2. The first-order valence-electron chi connectivity index (χ1n) is 7.87. The van der Waals surface area contributed by atoms with Crippen LogP contribution in [0.2, 0.25) is 0 Å². The van der Waals surface area contributed by atoms with Crippen molar-refractivity contribution in [3.05, 3.63) is 0 Å². The van der Waals surface area contributed by atoms with Crippen molar-refractivity contribution >= 4 is 5.91 Å². The largest absolute Gasteiger partial charge is 0.353 e. The highest BCUT2D eigenvalue weighted by Crippen LogP contribution is 2.17. The first-order valence-corrected chi connectivity index (χ1v) is 7.87. The lowest BCUT2D eigenvalue weighted by atomic mass is 9.96. The van der Waals surface area contributed by atoms with Gasteiger partial charge < -0.3 is 10.6 Å². The molecule has 0 aromatic carbocycles. The summed E-state index contributed by atoms with van der Waals surface area (Å²) in [6, 6.07) is 0.869. The minimum absolute atomic E-state index is 0.264. The predicted molar refractivity (Wildman–Crippen MR) is 74.5 cm³/mol. The maximum absolute atomic E-state index is 12.0. The zero-order valence-electron chi connectivity index (χ0n) is 11.5. The third kappa shape index (κ3) is 4.97. The second kappa shape index (κ2) is 7.78. The van der Waals surface area contributed by atoms with Crippen LogP contribution in [0.15, 0.2) is 0 Å². The van der Waals surface area contributed by atoms with Gasteiger partial charge in [-0.2, -0.15) is 0 Å². The third-order valence-electron chi connectivity index (χ3n) is 4.31. The van der Waals surface area contributed by atoms with Crippen molar-refractivity contribution < 1.29 is 4.79 Å². The quantitative estimate of drug-likeness (QED) is 0.811. The highest BCUT2D eigenvalue weighted by atomic mass is 16.1. The zero-order chi connectivity index (χ0) is 12.6. The second-order valence-electron chi connectivity index (χ2n) is 5.96. The topological polar surface area (TPSA) is 41.1 Å². The molecule has 3 heteroatoms. The van der Waals surface area contributed by atoms with Gasteiger partial charge in [-0.3, -0.25) is 4.79 Å². The molecule has 1 saturated heterocycles. The van der Waals surface area contributed by atoms with E-state index in [9.17, 15) is 4.79 Å². The molecule has 1 aliphatic carbocycles. The van der Waals surface area contributed by atoms with Crippen LogP contribution in [0.5, 0.6) is 0 Å². The molecule has 104 valence electrons. The van der Waals surface area contributed by atoms with Crippen LogP contribution in [-0.2, 0) is 4.79 Å². The molecule has 2 fully saturated rings. The minimum atomic E-state index is 0.264. The molecular formula is C15H28N2O. The maximum Gasteiger partial charge on any atom is 0.221 e. The Labute approximate surface area is 111 Å². The van der Waals surface area contributed by atoms with E-state index in [0.29, 0.717) is 18.5 Å². The van der Waals surface area contributed by atoms with Crippen LogP contribution in [0.1, 0.15) is 70.6 Å². The van der Waals surface area contributed by atoms with Crippen LogP contribution >= 0.6 is 0 Å². The van der Waals surface area contributed by atoms with Crippen LogP contribution in [0, 0.1) is 0 Å². The lowest BCUT2D eigenvalue weighted by Gasteiger charge is -2.25. The Morgan fingerprint density at radius 3 is 2.28 bits per heavy atom. The molecule has 2 rings (SSSR count). The van der Waals surface area contributed by atoms with Gasteiger partial charge in [-0.1, -0.05) is 38.5 Å². The van der Waals surface area contributed by atoms with Gasteiger partial charge in [0.2, 0.25) is 5.91 Å². The smallest absolute Gasteiger partial charge is 0.221 e. The van der Waals surface area contributed by atoms with E-state index < -0.39 is 0 Å². The Bertz CT molecular complexity index is 241. The molecule has 1 amide bonds. The molecule has 18 heavy (non-hydrogen) atoms. The predicted octanol–water partition coefficient (Wildman–Crippen LogP) is 2.75. The van der Waals surface area contributed by atoms with Gasteiger partial charge in [0.05, 0.1) is 0 Å². The average molecular weight is 252 g/mol. The molecule has 1 aliphatic heterocycles. The maximum atomic E-state index is 12.0. The molecule has 0 spiro atoms. The molecule has 0 bridgehead atoms. The van der Waals surface area contributed by atoms with E-state index in [0.717, 1.165) is 13.0 Å². The summed E-state index contributed by atoms with van der Waals surface area (Å²) in [6.07, 6.45) is 13.4. The molecule has 2 aliphatic rings. The van der Waals surface area contributed by atoms with E-state index in [1.54, 1.807) is 0 Å². The number of carbonyl (C=O) groups is 1. The molecule has 2 N–H and O–H groups in total. The van der Waals surface area contributed by atoms with Crippen molar-refractivity contribution in [3.63, 3.8) is 0 Å². The van der Waals surface area contributed by atoms with E-state index in [1.807, 2.05) is 0 Å². The Balaban J connectivity index is 1.68. The van der Waals surface area contributed by atoms with Gasteiger partial charge in [-0.25, -0.2) is 0 Å². The fourth-order valence-corrected chi connectivity index (χ4v) is 3.21. The van der Waals surface area contributed by atoms with Crippen molar-refractivity contribution in [1.82, 2.24) is 10.6 Å². The highest BCUT2D eigenvalue weighted by Gasteiger charge is 2.19. The van der Waals surface area contributed by atoms with Crippen molar-refractivity contribution in [2.75, 3.05) is 6.54 Å². The van der Waals surface area contributed by atoms with Crippen LogP contribution in [0.4, 0.5) is 0 Å². The molecule has 1 heterocycles. The van der Waals surface area contributed by atoms with Crippen LogP contribution in [0.3, 0.4) is 0 Å². The summed E-state index contributed by atoms with van der Waals surface area (Å²) in [4.78, 5) is 12.0. The van der Waals surface area contributed by atoms with E-state index in [2.05, 4.69) is 10.6 Å². The van der Waals surface area contributed by atoms with Gasteiger partial charge in [-0.05, 0) is 32.2 Å². The Kier molecular flexibility index (Phi) is 5.98. The zero-order valence-corrected chi connectivity index (χ0v) is 11.5. The molecule has 3 nitrogen and oxygen atoms in total. The fraction of sp³-hybridized carbons (Fsp3) is 0.933. The van der Waals surface area contributed by atoms with Crippen LogP contribution in [-0.4, -0.2) is 24.5 Å². The number of nitrogens with one attached hydrogen (secondary N) is 2. The van der Waals surface area contributed by atoms with Gasteiger partial charge >= 0.3 is 0 Å². The molecule has 1 saturated carbocycles. The highest BCUT2D eigenvalue weighted by molar-refractivity contribution is 5.76. The lowest BCUT2D eigenvalue weighted by molar-refractivity contribution is -0.122. The molecule has 0 aromatic heterocycles. The Morgan fingerprint density at radius 2 is 1.61 bits per heavy atom. The normalized spacial score (nSPS) is 27.2. The molecule has 0 aromatic rings. The van der Waals surface area contributed by atoms with Gasteiger partial charge in [0.15, 0.2) is 0 Å². The summed E-state index contributed by atoms with van der Waals surface area (Å²) in [5, 5.41) is 6.70. The number of amides is 1. The van der Waals surface area contributed by atoms with Crippen LogP contribution in [0.25, 0.3) is 0 Å². The first-order chi connectivity index (χ1) is 8.84. The summed E-state index contributed by atoms with van der Waals surface area (Å²) in [5.74, 6) is 0.264. The van der Waals surface area contributed by atoms with E-state index >= 15 is 0 Å². The van der Waals surface area contributed by atoms with Crippen molar-refractivity contribution in [2.45, 2.75) is 82.7 Å². The number of rotatable bonds is 3. The van der Waals surface area contributed by atoms with Crippen molar-refractivity contribution in [1.29, 1.82) is 0 Å². The summed E-state index contributed by atoms with van der Waals surface area (Å²) >= 11 is 0. The molecule has 1 atom stereocenters. The molecule has 1 unspecified atom stereocenters. The van der Waals surface area contributed by atoms with Gasteiger partial charge in [-0.15, -0.1) is 0 Å². The van der Waals surface area contributed by atoms with E-state index in [1.165, 1.54) is 57.8 Å². The third-order valence-corrected chi connectivity index (χ3v) is 4.31. The second-order valence-corrected chi connectivity index (χ2v) is 5.96. The SMILES string of the molecule is O=C(CC1CCCCN1)NC1CCCCCCC1. The van der Waals surface area contributed by atoms with Gasteiger partial charge in [0, 0.05) is 18.5 Å². The van der Waals surface area contributed by atoms with Crippen molar-refractivity contribution in [3.8, 4) is 0 Å². The lowest BCUT2D eigenvalue weighted by Crippen LogP contribution is -2.42. The molecular weight excluding hydrogens is 224 g/mol. The summed E-state index contributed by atoms with van der Waals surface area (Å²) < 4.78 is 0. The minimum Gasteiger partial charge on any atom is -0.353 e. The average Bonchev–Trinajstić information content (AvgIpc) is 2.34. The fourth-order valence-electron chi connectivity index (χ4n) is 3.21. The summed E-state index contributed by atoms with van der Waals surface area (Å²) in [6.45, 7) is 1.08. The summed E-state index contributed by atoms with van der Waals surface area (Å²) in [5.41, 5.74) is 0. The van der Waals surface area contributed by atoms with Crippen LogP contribution < -0.4 is 10.6 Å². The van der Waals surface area contributed by atoms with E-state index in [4.69, 9.17) is 0 Å². The first kappa shape index (κ1) is 13.9. The Hall–Kier alpha value is -0.570. The van der Waals surface area contributed by atoms with E-state index in [-0.39, 0.29) is 5.91 Å². The summed E-state index contributed by atoms with van der Waals surface area (Å²) in [7, 11) is 0. The number of piperidine rings is 1. The number of carbonyl (C=O) groups excluding carboxylic acids is 1. The van der Waals surface area contributed by atoms with Gasteiger partial charge in [0.1, 0.15) is 0 Å². The standard InChI is InChI=1S/C15H28N2O/c18-15(12-14-10-6-7-11-16-14)17-13-8-4-2-1-3-5-9-13/h13-14,16H,1-12H2,(H,17,18).